The summed E-state index contributed by atoms with van der Waals surface area (Å²) in [5.41, 5.74) is 3.03. The number of pyridine rings is 2. The number of carbonyl (C=O) groups is 1. The Morgan fingerprint density at radius 2 is 1.85 bits per heavy atom. The molecule has 4 aromatic rings. The maximum absolute atomic E-state index is 13.4. The largest absolute Gasteiger partial charge is 0.343 e. The number of imidazole rings is 1. The highest BCUT2D eigenvalue weighted by Gasteiger charge is 2.22. The van der Waals surface area contributed by atoms with E-state index < -0.39 is 0 Å². The second-order valence-corrected chi connectivity index (χ2v) is 6.19. The summed E-state index contributed by atoms with van der Waals surface area (Å²) >= 11 is 0. The van der Waals surface area contributed by atoms with E-state index >= 15 is 0 Å². The van der Waals surface area contributed by atoms with Crippen molar-refractivity contribution in [2.75, 3.05) is 0 Å². The van der Waals surface area contributed by atoms with Crippen molar-refractivity contribution in [1.29, 1.82) is 0 Å². The molecule has 27 heavy (non-hydrogen) atoms. The minimum absolute atomic E-state index is 0.274. The normalized spacial score (nSPS) is 12.1. The Hall–Kier alpha value is -3.54. The first-order valence-corrected chi connectivity index (χ1v) is 8.58. The number of aromatic nitrogens is 3. The quantitative estimate of drug-likeness (QED) is 0.598. The Morgan fingerprint density at radius 1 is 1.07 bits per heavy atom. The summed E-state index contributed by atoms with van der Waals surface area (Å²) in [5.74, 6) is -0.640. The van der Waals surface area contributed by atoms with Crippen LogP contribution in [0.4, 0.5) is 4.39 Å². The van der Waals surface area contributed by atoms with E-state index in [1.165, 1.54) is 12.1 Å². The fourth-order valence-corrected chi connectivity index (χ4v) is 3.01. The fraction of sp³-hybridized carbons (Fsp3) is 0.0952. The first kappa shape index (κ1) is 16.9. The number of hydrogen-bond acceptors (Lipinski definition) is 3. The minimum atomic E-state index is -0.331. The smallest absolute Gasteiger partial charge is 0.272 e. The van der Waals surface area contributed by atoms with Gasteiger partial charge in [-0.05, 0) is 55.5 Å². The lowest BCUT2D eigenvalue weighted by molar-refractivity contribution is 0.0935. The van der Waals surface area contributed by atoms with E-state index in [1.54, 1.807) is 18.3 Å². The molecule has 3 aromatic heterocycles. The summed E-state index contributed by atoms with van der Waals surface area (Å²) in [7, 11) is 0. The molecule has 1 amide bonds. The Morgan fingerprint density at radius 3 is 2.59 bits per heavy atom. The van der Waals surface area contributed by atoms with Gasteiger partial charge in [-0.15, -0.1) is 0 Å². The Kier molecular flexibility index (Phi) is 4.38. The Labute approximate surface area is 155 Å². The molecule has 0 saturated heterocycles. The number of halogens is 1. The lowest BCUT2D eigenvalue weighted by Crippen LogP contribution is -2.28. The number of nitrogens with one attached hydrogen (secondary N) is 1. The Bertz CT molecular complexity index is 1090. The van der Waals surface area contributed by atoms with Gasteiger partial charge in [0.2, 0.25) is 0 Å². The highest BCUT2D eigenvalue weighted by atomic mass is 19.1. The van der Waals surface area contributed by atoms with E-state index in [4.69, 9.17) is 0 Å². The predicted octanol–water partition coefficient (Wildman–Crippen LogP) is 4.03. The Balaban J connectivity index is 1.75. The van der Waals surface area contributed by atoms with Gasteiger partial charge in [-0.25, -0.2) is 9.37 Å². The number of amides is 1. The minimum Gasteiger partial charge on any atom is -0.343 e. The summed E-state index contributed by atoms with van der Waals surface area (Å²) in [4.78, 5) is 21.7. The molecule has 0 unspecified atom stereocenters. The van der Waals surface area contributed by atoms with Gasteiger partial charge in [-0.2, -0.15) is 0 Å². The lowest BCUT2D eigenvalue weighted by atomic mass is 10.1. The third-order valence-corrected chi connectivity index (χ3v) is 4.34. The van der Waals surface area contributed by atoms with Crippen LogP contribution in [0.15, 0.2) is 73.1 Å². The molecule has 0 aliphatic rings. The maximum atomic E-state index is 13.4. The van der Waals surface area contributed by atoms with E-state index in [-0.39, 0.29) is 23.5 Å². The van der Waals surface area contributed by atoms with Gasteiger partial charge in [0.05, 0.1) is 17.4 Å². The van der Waals surface area contributed by atoms with Crippen molar-refractivity contribution < 1.29 is 9.18 Å². The molecule has 6 heteroatoms. The van der Waals surface area contributed by atoms with Crippen LogP contribution in [0.25, 0.3) is 16.9 Å². The van der Waals surface area contributed by atoms with Crippen LogP contribution in [0.1, 0.15) is 29.1 Å². The van der Waals surface area contributed by atoms with Crippen molar-refractivity contribution in [2.45, 2.75) is 13.0 Å². The van der Waals surface area contributed by atoms with E-state index in [9.17, 15) is 9.18 Å². The zero-order valence-corrected chi connectivity index (χ0v) is 14.6. The van der Waals surface area contributed by atoms with Crippen LogP contribution in [0, 0.1) is 5.82 Å². The molecule has 0 spiro atoms. The van der Waals surface area contributed by atoms with E-state index in [2.05, 4.69) is 15.3 Å². The summed E-state index contributed by atoms with van der Waals surface area (Å²) in [5, 5.41) is 2.94. The number of benzene rings is 1. The number of nitrogens with zero attached hydrogens (tertiary/aromatic N) is 3. The van der Waals surface area contributed by atoms with Crippen molar-refractivity contribution in [3.05, 3.63) is 90.3 Å². The number of rotatable bonds is 4. The molecule has 0 aliphatic heterocycles. The SMILES string of the molecule is C[C@@H](NC(=O)c1nc2ccccn2c1-c1ccc(F)cc1)c1ccccn1. The van der Waals surface area contributed by atoms with Crippen molar-refractivity contribution >= 4 is 11.6 Å². The molecule has 5 nitrogen and oxygen atoms in total. The van der Waals surface area contributed by atoms with Gasteiger partial charge in [0.15, 0.2) is 5.69 Å². The van der Waals surface area contributed by atoms with Gasteiger partial charge < -0.3 is 5.32 Å². The zero-order valence-electron chi connectivity index (χ0n) is 14.6. The van der Waals surface area contributed by atoms with Crippen LogP contribution in [0.3, 0.4) is 0 Å². The highest BCUT2D eigenvalue weighted by Crippen LogP contribution is 2.26. The molecule has 1 atom stereocenters. The first-order valence-electron chi connectivity index (χ1n) is 8.58. The topological polar surface area (TPSA) is 59.3 Å². The van der Waals surface area contributed by atoms with E-state index in [0.717, 1.165) is 5.69 Å². The molecule has 0 aliphatic carbocycles. The van der Waals surface area contributed by atoms with Crippen LogP contribution in [0.5, 0.6) is 0 Å². The van der Waals surface area contributed by atoms with Gasteiger partial charge >= 0.3 is 0 Å². The molecule has 0 bridgehead atoms. The molecule has 3 heterocycles. The van der Waals surface area contributed by atoms with Crippen LogP contribution < -0.4 is 5.32 Å². The second kappa shape index (κ2) is 6.99. The van der Waals surface area contributed by atoms with E-state index in [1.807, 2.05) is 53.9 Å². The molecule has 0 fully saturated rings. The van der Waals surface area contributed by atoms with Crippen molar-refractivity contribution in [3.63, 3.8) is 0 Å². The van der Waals surface area contributed by atoms with Crippen LogP contribution >= 0.6 is 0 Å². The van der Waals surface area contributed by atoms with Crippen molar-refractivity contribution in [3.8, 4) is 11.3 Å². The van der Waals surface area contributed by atoms with Crippen LogP contribution in [0.2, 0.25) is 0 Å². The molecule has 1 aromatic carbocycles. The molecule has 1 N–H and O–H groups in total. The van der Waals surface area contributed by atoms with Crippen molar-refractivity contribution in [1.82, 2.24) is 19.7 Å². The number of hydrogen-bond donors (Lipinski definition) is 1. The van der Waals surface area contributed by atoms with Crippen LogP contribution in [-0.2, 0) is 0 Å². The van der Waals surface area contributed by atoms with Crippen LogP contribution in [-0.4, -0.2) is 20.3 Å². The highest BCUT2D eigenvalue weighted by molar-refractivity contribution is 5.99. The maximum Gasteiger partial charge on any atom is 0.272 e. The van der Waals surface area contributed by atoms with Gasteiger partial charge in [0.25, 0.3) is 5.91 Å². The molecule has 0 saturated carbocycles. The summed E-state index contributed by atoms with van der Waals surface area (Å²) in [6.07, 6.45) is 3.52. The van der Waals surface area contributed by atoms with Gasteiger partial charge in [0, 0.05) is 18.0 Å². The lowest BCUT2D eigenvalue weighted by Gasteiger charge is -2.13. The molecular weight excluding hydrogens is 343 g/mol. The molecule has 134 valence electrons. The third-order valence-electron chi connectivity index (χ3n) is 4.34. The monoisotopic (exact) mass is 360 g/mol. The predicted molar refractivity (Wildman–Crippen MR) is 101 cm³/mol. The number of carbonyl (C=O) groups excluding carboxylic acids is 1. The standard InChI is InChI=1S/C21H17FN4O/c1-14(17-6-2-4-12-23-17)24-21(27)19-20(15-8-10-16(22)11-9-15)26-13-5-3-7-18(26)25-19/h2-14H,1H3,(H,24,27)/t14-/m1/s1. The average molecular weight is 360 g/mol. The van der Waals surface area contributed by atoms with Gasteiger partial charge in [0.1, 0.15) is 11.5 Å². The third kappa shape index (κ3) is 3.29. The molecule has 4 rings (SSSR count). The molecule has 0 radical (unpaired) electrons. The second-order valence-electron chi connectivity index (χ2n) is 6.19. The summed E-state index contributed by atoms with van der Waals surface area (Å²) < 4.78 is 15.2. The summed E-state index contributed by atoms with van der Waals surface area (Å²) in [6.45, 7) is 1.87. The fourth-order valence-electron chi connectivity index (χ4n) is 3.01. The zero-order chi connectivity index (χ0) is 18.8. The average Bonchev–Trinajstić information content (AvgIpc) is 3.09. The van der Waals surface area contributed by atoms with Gasteiger partial charge in [-0.3, -0.25) is 14.2 Å². The summed E-state index contributed by atoms with van der Waals surface area (Å²) in [6, 6.07) is 16.9. The molecular formula is C21H17FN4O. The first-order chi connectivity index (χ1) is 13.1. The van der Waals surface area contributed by atoms with E-state index in [0.29, 0.717) is 16.9 Å². The van der Waals surface area contributed by atoms with Crippen molar-refractivity contribution in [2.24, 2.45) is 0 Å². The van der Waals surface area contributed by atoms with Gasteiger partial charge in [-0.1, -0.05) is 12.1 Å². The number of fused-ring (bicyclic) bond motifs is 1.